The van der Waals surface area contributed by atoms with Crippen LogP contribution in [-0.2, 0) is 27.4 Å². The summed E-state index contributed by atoms with van der Waals surface area (Å²) in [6, 6.07) is 18.3. The second kappa shape index (κ2) is 9.82. The van der Waals surface area contributed by atoms with Crippen LogP contribution in [0.1, 0.15) is 24.0 Å². The fourth-order valence-electron chi connectivity index (χ4n) is 4.44. The molecule has 3 amide bonds. The van der Waals surface area contributed by atoms with Gasteiger partial charge in [0.05, 0.1) is 13.2 Å². The predicted octanol–water partition coefficient (Wildman–Crippen LogP) is 1.86. The second-order valence-corrected chi connectivity index (χ2v) is 8.05. The number of hydrogen-bond acceptors (Lipinski definition) is 5. The summed E-state index contributed by atoms with van der Waals surface area (Å²) in [4.78, 5) is 41.8. The Hall–Kier alpha value is -3.39. The molecule has 2 N–H and O–H groups in total. The number of fused-ring (bicyclic) bond motifs is 1. The molecule has 8 heteroatoms. The van der Waals surface area contributed by atoms with Gasteiger partial charge >= 0.3 is 6.09 Å². The van der Waals surface area contributed by atoms with Gasteiger partial charge in [-0.3, -0.25) is 14.5 Å². The lowest BCUT2D eigenvalue weighted by Crippen LogP contribution is -2.62. The minimum absolute atomic E-state index is 0.167. The summed E-state index contributed by atoms with van der Waals surface area (Å²) in [5, 5.41) is 6.24. The van der Waals surface area contributed by atoms with E-state index in [4.69, 9.17) is 4.74 Å². The quantitative estimate of drug-likeness (QED) is 0.721. The highest BCUT2D eigenvalue weighted by atomic mass is 16.5. The summed E-state index contributed by atoms with van der Waals surface area (Å²) >= 11 is 0. The molecule has 2 fully saturated rings. The Balaban J connectivity index is 1.47. The molecule has 2 aromatic carbocycles. The maximum Gasteiger partial charge on any atom is 0.411 e. The number of benzene rings is 2. The normalized spacial score (nSPS) is 22.4. The van der Waals surface area contributed by atoms with Crippen molar-refractivity contribution in [1.82, 2.24) is 20.4 Å². The van der Waals surface area contributed by atoms with E-state index in [-0.39, 0.29) is 11.8 Å². The molecule has 0 aliphatic carbocycles. The SMILES string of the molecule is COC(=O)N1CC[C@@H](C(=O)NCc2ccccc2)N2C(=O)C(NCc3ccccc3)CC12. The largest absolute Gasteiger partial charge is 0.453 e. The molecule has 2 aliphatic heterocycles. The summed E-state index contributed by atoms with van der Waals surface area (Å²) in [7, 11) is 1.33. The Morgan fingerprint density at radius 1 is 1.00 bits per heavy atom. The number of carbonyl (C=O) groups excluding carboxylic acids is 3. The summed E-state index contributed by atoms with van der Waals surface area (Å²) in [5.74, 6) is -0.375. The molecule has 0 spiro atoms. The zero-order valence-corrected chi connectivity index (χ0v) is 18.1. The van der Waals surface area contributed by atoms with E-state index in [1.807, 2.05) is 60.7 Å². The van der Waals surface area contributed by atoms with Crippen LogP contribution in [-0.4, -0.2) is 59.6 Å². The molecule has 2 aliphatic rings. The van der Waals surface area contributed by atoms with Crippen LogP contribution in [0.15, 0.2) is 60.7 Å². The predicted molar refractivity (Wildman–Crippen MR) is 118 cm³/mol. The summed E-state index contributed by atoms with van der Waals surface area (Å²) < 4.78 is 4.93. The standard InChI is InChI=1S/C24H28N4O4/c1-32-24(31)27-13-12-20(22(29)26-16-18-10-6-3-7-11-18)28-21(27)14-19(23(28)30)25-15-17-8-4-2-5-9-17/h2-11,19-21,25H,12-16H2,1H3,(H,26,29)/t19?,20-,21?/m0/s1. The number of carbonyl (C=O) groups is 3. The van der Waals surface area contributed by atoms with E-state index < -0.39 is 24.3 Å². The lowest BCUT2D eigenvalue weighted by Gasteiger charge is -2.43. The Morgan fingerprint density at radius 3 is 2.25 bits per heavy atom. The van der Waals surface area contributed by atoms with Gasteiger partial charge in [0.15, 0.2) is 0 Å². The molecular weight excluding hydrogens is 408 g/mol. The van der Waals surface area contributed by atoms with E-state index in [1.165, 1.54) is 7.11 Å². The Morgan fingerprint density at radius 2 is 1.62 bits per heavy atom. The monoisotopic (exact) mass is 436 g/mol. The van der Waals surface area contributed by atoms with Crippen molar-refractivity contribution in [2.75, 3.05) is 13.7 Å². The number of ether oxygens (including phenoxy) is 1. The lowest BCUT2D eigenvalue weighted by atomic mass is 10.1. The molecule has 2 aromatic rings. The smallest absolute Gasteiger partial charge is 0.411 e. The van der Waals surface area contributed by atoms with Gasteiger partial charge in [0, 0.05) is 26.1 Å². The van der Waals surface area contributed by atoms with Gasteiger partial charge < -0.3 is 20.3 Å². The average Bonchev–Trinajstić information content (AvgIpc) is 3.17. The van der Waals surface area contributed by atoms with Crippen molar-refractivity contribution in [2.45, 2.75) is 44.2 Å². The highest BCUT2D eigenvalue weighted by Gasteiger charge is 2.51. The van der Waals surface area contributed by atoms with Gasteiger partial charge in [0.2, 0.25) is 11.8 Å². The number of rotatable bonds is 6. The van der Waals surface area contributed by atoms with Crippen molar-refractivity contribution in [2.24, 2.45) is 0 Å². The molecule has 0 saturated carbocycles. The molecule has 2 heterocycles. The molecule has 2 unspecified atom stereocenters. The van der Waals surface area contributed by atoms with Crippen LogP contribution in [0.2, 0.25) is 0 Å². The van der Waals surface area contributed by atoms with Crippen LogP contribution in [0.25, 0.3) is 0 Å². The third-order valence-electron chi connectivity index (χ3n) is 6.08. The first-order valence-electron chi connectivity index (χ1n) is 10.8. The first kappa shape index (κ1) is 21.8. The third-order valence-corrected chi connectivity index (χ3v) is 6.08. The van der Waals surface area contributed by atoms with E-state index in [0.717, 1.165) is 11.1 Å². The Labute approximate surface area is 187 Å². The van der Waals surface area contributed by atoms with Crippen molar-refractivity contribution in [3.05, 3.63) is 71.8 Å². The van der Waals surface area contributed by atoms with Gasteiger partial charge in [-0.1, -0.05) is 60.7 Å². The first-order chi connectivity index (χ1) is 15.6. The van der Waals surface area contributed by atoms with Crippen LogP contribution in [0.4, 0.5) is 4.79 Å². The van der Waals surface area contributed by atoms with E-state index in [9.17, 15) is 14.4 Å². The molecule has 8 nitrogen and oxygen atoms in total. The van der Waals surface area contributed by atoms with E-state index >= 15 is 0 Å². The Kier molecular flexibility index (Phi) is 6.70. The average molecular weight is 437 g/mol. The van der Waals surface area contributed by atoms with Crippen molar-refractivity contribution < 1.29 is 19.1 Å². The maximum absolute atomic E-state index is 13.3. The molecule has 3 atom stereocenters. The minimum atomic E-state index is -0.624. The zero-order chi connectivity index (χ0) is 22.5. The molecule has 0 bridgehead atoms. The molecular formula is C24H28N4O4. The van der Waals surface area contributed by atoms with Crippen molar-refractivity contribution in [3.63, 3.8) is 0 Å². The number of amides is 3. The maximum atomic E-state index is 13.3. The third kappa shape index (κ3) is 4.60. The van der Waals surface area contributed by atoms with Crippen LogP contribution in [0.5, 0.6) is 0 Å². The van der Waals surface area contributed by atoms with Gasteiger partial charge in [-0.15, -0.1) is 0 Å². The summed E-state index contributed by atoms with van der Waals surface area (Å²) in [6.45, 7) is 1.27. The first-order valence-corrected chi connectivity index (χ1v) is 10.8. The molecule has 4 rings (SSSR count). The van der Waals surface area contributed by atoms with E-state index in [2.05, 4.69) is 10.6 Å². The number of nitrogens with zero attached hydrogens (tertiary/aromatic N) is 2. The van der Waals surface area contributed by atoms with Crippen molar-refractivity contribution in [1.29, 1.82) is 0 Å². The van der Waals surface area contributed by atoms with Crippen LogP contribution in [0.3, 0.4) is 0 Å². The van der Waals surface area contributed by atoms with Crippen molar-refractivity contribution in [3.8, 4) is 0 Å². The summed E-state index contributed by atoms with van der Waals surface area (Å²) in [5.41, 5.74) is 2.05. The van der Waals surface area contributed by atoms with Crippen LogP contribution < -0.4 is 10.6 Å². The van der Waals surface area contributed by atoms with Gasteiger partial charge in [-0.2, -0.15) is 0 Å². The zero-order valence-electron chi connectivity index (χ0n) is 18.1. The number of nitrogens with one attached hydrogen (secondary N) is 2. The number of hydrogen-bond donors (Lipinski definition) is 2. The van der Waals surface area contributed by atoms with E-state index in [0.29, 0.717) is 32.5 Å². The fraction of sp³-hybridized carbons (Fsp3) is 0.375. The van der Waals surface area contributed by atoms with Gasteiger partial charge in [-0.05, 0) is 17.5 Å². The molecule has 32 heavy (non-hydrogen) atoms. The topological polar surface area (TPSA) is 91.0 Å². The highest BCUT2D eigenvalue weighted by molar-refractivity contribution is 5.92. The van der Waals surface area contributed by atoms with Crippen molar-refractivity contribution >= 4 is 17.9 Å². The summed E-state index contributed by atoms with van der Waals surface area (Å²) in [6.07, 6.45) is -0.226. The molecule has 0 aromatic heterocycles. The van der Waals surface area contributed by atoms with Gasteiger partial charge in [0.1, 0.15) is 12.2 Å². The second-order valence-electron chi connectivity index (χ2n) is 8.05. The van der Waals surface area contributed by atoms with Gasteiger partial charge in [0.25, 0.3) is 0 Å². The van der Waals surface area contributed by atoms with Crippen LogP contribution >= 0.6 is 0 Å². The Bertz CT molecular complexity index is 953. The lowest BCUT2D eigenvalue weighted by molar-refractivity contribution is -0.146. The van der Waals surface area contributed by atoms with Gasteiger partial charge in [-0.25, -0.2) is 4.79 Å². The highest BCUT2D eigenvalue weighted by Crippen LogP contribution is 2.31. The van der Waals surface area contributed by atoms with E-state index in [1.54, 1.807) is 9.80 Å². The van der Waals surface area contributed by atoms with Crippen LogP contribution in [0, 0.1) is 0 Å². The molecule has 168 valence electrons. The minimum Gasteiger partial charge on any atom is -0.453 e. The molecule has 0 radical (unpaired) electrons. The number of methoxy groups -OCH3 is 1. The fourth-order valence-corrected chi connectivity index (χ4v) is 4.44. The molecule has 2 saturated heterocycles.